The van der Waals surface area contributed by atoms with Gasteiger partial charge in [-0.15, -0.1) is 11.3 Å². The number of rotatable bonds is 6. The summed E-state index contributed by atoms with van der Waals surface area (Å²) in [6.07, 6.45) is 0. The zero-order valence-corrected chi connectivity index (χ0v) is 14.5. The van der Waals surface area contributed by atoms with Crippen molar-refractivity contribution in [2.24, 2.45) is 0 Å². The molecule has 1 heterocycles. The van der Waals surface area contributed by atoms with Crippen molar-refractivity contribution in [3.63, 3.8) is 0 Å². The highest BCUT2D eigenvalue weighted by Crippen LogP contribution is 2.20. The second-order valence-corrected chi connectivity index (χ2v) is 6.47. The number of carbonyl (C=O) groups is 1. The molecular formula is C17H23N3OS. The lowest BCUT2D eigenvalue weighted by Crippen LogP contribution is -2.22. The number of thiazole rings is 1. The van der Waals surface area contributed by atoms with E-state index in [0.29, 0.717) is 4.88 Å². The topological polar surface area (TPSA) is 45.2 Å². The number of hydrogen-bond acceptors (Lipinski definition) is 4. The van der Waals surface area contributed by atoms with Gasteiger partial charge in [0, 0.05) is 12.2 Å². The van der Waals surface area contributed by atoms with Crippen LogP contribution in [0.25, 0.3) is 0 Å². The molecular weight excluding hydrogens is 294 g/mol. The highest BCUT2D eigenvalue weighted by Gasteiger charge is 2.14. The molecule has 1 amide bonds. The fraction of sp³-hybridized carbons (Fsp3) is 0.412. The van der Waals surface area contributed by atoms with Crippen molar-refractivity contribution in [1.82, 2.24) is 9.88 Å². The molecule has 5 heteroatoms. The van der Waals surface area contributed by atoms with E-state index in [-0.39, 0.29) is 5.91 Å². The van der Waals surface area contributed by atoms with Gasteiger partial charge in [0.05, 0.1) is 10.7 Å². The van der Waals surface area contributed by atoms with Crippen LogP contribution in [-0.2, 0) is 6.54 Å². The first kappa shape index (κ1) is 16.6. The zero-order chi connectivity index (χ0) is 16.1. The van der Waals surface area contributed by atoms with E-state index in [2.05, 4.69) is 35.1 Å². The van der Waals surface area contributed by atoms with Crippen LogP contribution in [0.4, 0.5) is 5.69 Å². The monoisotopic (exact) mass is 317 g/mol. The standard InChI is InChI=1S/C17H23N3OS/c1-5-20(6-2)11-14-8-7-9-15(10-14)19-17(21)16-12(3)18-13(4)22-16/h7-10H,5-6,11H2,1-4H3,(H,19,21). The minimum atomic E-state index is -0.0805. The van der Waals surface area contributed by atoms with Crippen LogP contribution in [0.3, 0.4) is 0 Å². The first-order valence-corrected chi connectivity index (χ1v) is 8.41. The van der Waals surface area contributed by atoms with Crippen molar-refractivity contribution in [2.75, 3.05) is 18.4 Å². The lowest BCUT2D eigenvalue weighted by atomic mass is 10.2. The lowest BCUT2D eigenvalue weighted by Gasteiger charge is -2.18. The summed E-state index contributed by atoms with van der Waals surface area (Å²) in [6, 6.07) is 8.04. The van der Waals surface area contributed by atoms with Crippen LogP contribution in [0.2, 0.25) is 0 Å². The predicted molar refractivity (Wildman–Crippen MR) is 92.6 cm³/mol. The molecule has 0 unspecified atom stereocenters. The average molecular weight is 317 g/mol. The molecule has 1 N–H and O–H groups in total. The van der Waals surface area contributed by atoms with Gasteiger partial charge in [-0.25, -0.2) is 4.98 Å². The van der Waals surface area contributed by atoms with Crippen LogP contribution in [0.1, 0.15) is 39.8 Å². The molecule has 0 aliphatic heterocycles. The fourth-order valence-corrected chi connectivity index (χ4v) is 3.20. The Balaban J connectivity index is 2.10. The summed E-state index contributed by atoms with van der Waals surface area (Å²) in [5, 5.41) is 3.89. The maximum atomic E-state index is 12.3. The SMILES string of the molecule is CCN(CC)Cc1cccc(NC(=O)c2sc(C)nc2C)c1. The number of aryl methyl sites for hydroxylation is 2. The minimum Gasteiger partial charge on any atom is -0.321 e. The Morgan fingerprint density at radius 2 is 2.00 bits per heavy atom. The lowest BCUT2D eigenvalue weighted by molar-refractivity contribution is 0.103. The molecule has 118 valence electrons. The Hall–Kier alpha value is -1.72. The Kier molecular flexibility index (Phi) is 5.69. The molecule has 0 aliphatic carbocycles. The second kappa shape index (κ2) is 7.51. The molecule has 4 nitrogen and oxygen atoms in total. The van der Waals surface area contributed by atoms with E-state index in [4.69, 9.17) is 0 Å². The fourth-order valence-electron chi connectivity index (χ4n) is 2.38. The van der Waals surface area contributed by atoms with E-state index >= 15 is 0 Å². The summed E-state index contributed by atoms with van der Waals surface area (Å²) < 4.78 is 0. The summed E-state index contributed by atoms with van der Waals surface area (Å²) in [4.78, 5) is 19.7. The maximum absolute atomic E-state index is 12.3. The quantitative estimate of drug-likeness (QED) is 0.880. The van der Waals surface area contributed by atoms with Gasteiger partial charge in [0.25, 0.3) is 5.91 Å². The number of benzene rings is 1. The molecule has 0 spiro atoms. The molecule has 0 saturated heterocycles. The van der Waals surface area contributed by atoms with Gasteiger partial charge in [0.15, 0.2) is 0 Å². The Bertz CT molecular complexity index is 647. The first-order valence-electron chi connectivity index (χ1n) is 7.60. The van der Waals surface area contributed by atoms with Crippen molar-refractivity contribution < 1.29 is 4.79 Å². The van der Waals surface area contributed by atoms with Gasteiger partial charge in [-0.3, -0.25) is 9.69 Å². The summed E-state index contributed by atoms with van der Waals surface area (Å²) in [5.74, 6) is -0.0805. The molecule has 0 fully saturated rings. The Morgan fingerprint density at radius 1 is 1.27 bits per heavy atom. The molecule has 1 aromatic heterocycles. The number of carbonyl (C=O) groups excluding carboxylic acids is 1. The van der Waals surface area contributed by atoms with Gasteiger partial charge in [-0.05, 0) is 44.6 Å². The molecule has 0 atom stereocenters. The molecule has 22 heavy (non-hydrogen) atoms. The third-order valence-corrected chi connectivity index (χ3v) is 4.67. The Labute approximate surface area is 136 Å². The molecule has 0 radical (unpaired) electrons. The van der Waals surface area contributed by atoms with Crippen molar-refractivity contribution in [3.05, 3.63) is 45.4 Å². The number of nitrogens with one attached hydrogen (secondary N) is 1. The van der Waals surface area contributed by atoms with Gasteiger partial charge in [-0.2, -0.15) is 0 Å². The third-order valence-electron chi connectivity index (χ3n) is 3.60. The van der Waals surface area contributed by atoms with Crippen molar-refractivity contribution in [2.45, 2.75) is 34.2 Å². The molecule has 2 aromatic rings. The number of nitrogens with zero attached hydrogens (tertiary/aromatic N) is 2. The second-order valence-electron chi connectivity index (χ2n) is 5.26. The molecule has 1 aromatic carbocycles. The van der Waals surface area contributed by atoms with Crippen molar-refractivity contribution >= 4 is 22.9 Å². The van der Waals surface area contributed by atoms with Gasteiger partial charge in [-0.1, -0.05) is 26.0 Å². The van der Waals surface area contributed by atoms with Crippen LogP contribution in [0.5, 0.6) is 0 Å². The molecule has 2 rings (SSSR count). The number of anilines is 1. The van der Waals surface area contributed by atoms with Crippen LogP contribution >= 0.6 is 11.3 Å². The van der Waals surface area contributed by atoms with Crippen molar-refractivity contribution in [3.8, 4) is 0 Å². The summed E-state index contributed by atoms with van der Waals surface area (Å²) in [6.45, 7) is 11.0. The van der Waals surface area contributed by atoms with Gasteiger partial charge in [0.1, 0.15) is 4.88 Å². The van der Waals surface area contributed by atoms with E-state index in [1.165, 1.54) is 16.9 Å². The van der Waals surface area contributed by atoms with E-state index in [9.17, 15) is 4.79 Å². The maximum Gasteiger partial charge on any atom is 0.267 e. The van der Waals surface area contributed by atoms with Gasteiger partial charge in [0.2, 0.25) is 0 Å². The zero-order valence-electron chi connectivity index (χ0n) is 13.6. The smallest absolute Gasteiger partial charge is 0.267 e. The first-order chi connectivity index (χ1) is 10.5. The minimum absolute atomic E-state index is 0.0805. The number of amides is 1. The van der Waals surface area contributed by atoms with E-state index in [1.807, 2.05) is 32.0 Å². The van der Waals surface area contributed by atoms with Gasteiger partial charge >= 0.3 is 0 Å². The number of aromatic nitrogens is 1. The van der Waals surface area contributed by atoms with E-state index in [1.54, 1.807) is 0 Å². The largest absolute Gasteiger partial charge is 0.321 e. The summed E-state index contributed by atoms with van der Waals surface area (Å²) in [5.41, 5.74) is 2.83. The number of hydrogen-bond donors (Lipinski definition) is 1. The molecule has 0 bridgehead atoms. The van der Waals surface area contributed by atoms with Crippen LogP contribution in [0.15, 0.2) is 24.3 Å². The third kappa shape index (κ3) is 4.15. The van der Waals surface area contributed by atoms with Crippen LogP contribution < -0.4 is 5.32 Å². The predicted octanol–water partition coefficient (Wildman–Crippen LogP) is 3.85. The summed E-state index contributed by atoms with van der Waals surface area (Å²) >= 11 is 1.43. The van der Waals surface area contributed by atoms with Crippen LogP contribution in [0, 0.1) is 13.8 Å². The highest BCUT2D eigenvalue weighted by atomic mass is 32.1. The van der Waals surface area contributed by atoms with Crippen molar-refractivity contribution in [1.29, 1.82) is 0 Å². The molecule has 0 saturated carbocycles. The van der Waals surface area contributed by atoms with Gasteiger partial charge < -0.3 is 5.32 Å². The van der Waals surface area contributed by atoms with Crippen LogP contribution in [-0.4, -0.2) is 28.9 Å². The highest BCUT2D eigenvalue weighted by molar-refractivity contribution is 7.13. The molecule has 0 aliphatic rings. The Morgan fingerprint density at radius 3 is 2.59 bits per heavy atom. The summed E-state index contributed by atoms with van der Waals surface area (Å²) in [7, 11) is 0. The van der Waals surface area contributed by atoms with E-state index < -0.39 is 0 Å². The average Bonchev–Trinajstić information content (AvgIpc) is 2.84. The van der Waals surface area contributed by atoms with E-state index in [0.717, 1.165) is 36.0 Å². The normalized spacial score (nSPS) is 11.0.